The number of nitrogens with zero attached hydrogens (tertiary/aromatic N) is 1. The zero-order chi connectivity index (χ0) is 13.6. The molecule has 4 rings (SSSR count). The zero-order valence-electron chi connectivity index (χ0n) is 12.3. The highest BCUT2D eigenvalue weighted by Crippen LogP contribution is 2.42. The minimum atomic E-state index is -0.140. The van der Waals surface area contributed by atoms with Gasteiger partial charge in [-0.25, -0.2) is 4.79 Å². The van der Waals surface area contributed by atoms with E-state index < -0.39 is 0 Å². The van der Waals surface area contributed by atoms with Crippen molar-refractivity contribution in [2.75, 3.05) is 6.54 Å². The average Bonchev–Trinajstić information content (AvgIpc) is 2.80. The fourth-order valence-electron chi connectivity index (χ4n) is 4.93. The number of carbonyl (C=O) groups is 1. The van der Waals surface area contributed by atoms with E-state index in [0.29, 0.717) is 18.1 Å². The van der Waals surface area contributed by atoms with Crippen LogP contribution in [0.4, 0.5) is 4.79 Å². The van der Waals surface area contributed by atoms with Crippen molar-refractivity contribution >= 4 is 6.09 Å². The molecule has 1 amide bonds. The van der Waals surface area contributed by atoms with Gasteiger partial charge in [0.25, 0.3) is 0 Å². The smallest absolute Gasteiger partial charge is 0.410 e. The first-order valence-electron chi connectivity index (χ1n) is 8.50. The summed E-state index contributed by atoms with van der Waals surface area (Å²) in [6, 6.07) is 1.62. The van der Waals surface area contributed by atoms with Gasteiger partial charge in [-0.1, -0.05) is 19.3 Å². The van der Waals surface area contributed by atoms with Gasteiger partial charge in [-0.2, -0.15) is 0 Å². The van der Waals surface area contributed by atoms with Gasteiger partial charge in [0.15, 0.2) is 0 Å². The molecule has 1 spiro atoms. The van der Waals surface area contributed by atoms with E-state index in [2.05, 4.69) is 5.32 Å². The number of hydrogen-bond donors (Lipinski definition) is 1. The van der Waals surface area contributed by atoms with E-state index in [1.54, 1.807) is 0 Å². The average molecular weight is 278 g/mol. The minimum Gasteiger partial charge on any atom is -0.443 e. The highest BCUT2D eigenvalue weighted by atomic mass is 16.6. The summed E-state index contributed by atoms with van der Waals surface area (Å²) in [6.45, 7) is 0.920. The largest absolute Gasteiger partial charge is 0.443 e. The first kappa shape index (κ1) is 12.9. The van der Waals surface area contributed by atoms with E-state index in [9.17, 15) is 4.79 Å². The monoisotopic (exact) mass is 278 g/mol. The van der Waals surface area contributed by atoms with Crippen molar-refractivity contribution in [3.05, 3.63) is 0 Å². The molecule has 1 N–H and O–H groups in total. The third-order valence-corrected chi connectivity index (χ3v) is 5.93. The van der Waals surface area contributed by atoms with Crippen molar-refractivity contribution in [1.82, 2.24) is 10.2 Å². The maximum Gasteiger partial charge on any atom is 0.410 e. The SMILES string of the molecule is O=C1OC2(CCN1C1CCCCC1)C[C@H]1CC[C@@H](C2)N1. The van der Waals surface area contributed by atoms with Crippen LogP contribution in [0.3, 0.4) is 0 Å². The number of nitrogens with one attached hydrogen (secondary N) is 1. The standard InChI is InChI=1S/C16H26N2O2/c19-15-18(14-4-2-1-3-5-14)9-8-16(20-15)10-12-6-7-13(11-16)17-12/h12-14,17H,1-11H2/t12-,13+,16?. The fraction of sp³-hybridized carbons (Fsp3) is 0.938. The van der Waals surface area contributed by atoms with Gasteiger partial charge < -0.3 is 15.0 Å². The lowest BCUT2D eigenvalue weighted by molar-refractivity contribution is -0.0833. The van der Waals surface area contributed by atoms with Crippen molar-refractivity contribution in [2.24, 2.45) is 0 Å². The topological polar surface area (TPSA) is 41.6 Å². The van der Waals surface area contributed by atoms with E-state index in [-0.39, 0.29) is 11.7 Å². The second-order valence-corrected chi connectivity index (χ2v) is 7.33. The molecule has 0 aromatic carbocycles. The van der Waals surface area contributed by atoms with Crippen molar-refractivity contribution < 1.29 is 9.53 Å². The van der Waals surface area contributed by atoms with Gasteiger partial charge in [0, 0.05) is 43.9 Å². The molecule has 3 saturated heterocycles. The minimum absolute atomic E-state index is 0.0237. The maximum atomic E-state index is 12.5. The summed E-state index contributed by atoms with van der Waals surface area (Å²) < 4.78 is 6.01. The second kappa shape index (κ2) is 4.90. The van der Waals surface area contributed by atoms with Gasteiger partial charge in [0.1, 0.15) is 5.60 Å². The molecule has 4 nitrogen and oxygen atoms in total. The van der Waals surface area contributed by atoms with Crippen LogP contribution in [-0.2, 0) is 4.74 Å². The number of hydrogen-bond acceptors (Lipinski definition) is 3. The van der Waals surface area contributed by atoms with Gasteiger partial charge in [-0.15, -0.1) is 0 Å². The molecule has 3 aliphatic heterocycles. The molecule has 4 heteroatoms. The highest BCUT2D eigenvalue weighted by Gasteiger charge is 2.49. The van der Waals surface area contributed by atoms with E-state index in [1.807, 2.05) is 4.90 Å². The fourth-order valence-corrected chi connectivity index (χ4v) is 4.93. The van der Waals surface area contributed by atoms with E-state index in [4.69, 9.17) is 4.74 Å². The Bertz CT molecular complexity index is 380. The van der Waals surface area contributed by atoms with Crippen LogP contribution in [0.1, 0.15) is 64.2 Å². The summed E-state index contributed by atoms with van der Waals surface area (Å²) in [5.74, 6) is 0. The molecular formula is C16H26N2O2. The summed E-state index contributed by atoms with van der Waals surface area (Å²) in [5.41, 5.74) is -0.140. The second-order valence-electron chi connectivity index (χ2n) is 7.33. The van der Waals surface area contributed by atoms with Gasteiger partial charge >= 0.3 is 6.09 Å². The van der Waals surface area contributed by atoms with Crippen LogP contribution >= 0.6 is 0 Å². The normalized spacial score (nSPS) is 42.0. The van der Waals surface area contributed by atoms with Crippen LogP contribution in [-0.4, -0.2) is 41.3 Å². The van der Waals surface area contributed by atoms with E-state index in [1.165, 1.54) is 44.9 Å². The Morgan fingerprint density at radius 3 is 2.40 bits per heavy atom. The Morgan fingerprint density at radius 1 is 1.05 bits per heavy atom. The van der Waals surface area contributed by atoms with Crippen molar-refractivity contribution in [3.8, 4) is 0 Å². The van der Waals surface area contributed by atoms with Crippen LogP contribution in [0.25, 0.3) is 0 Å². The summed E-state index contributed by atoms with van der Waals surface area (Å²) >= 11 is 0. The quantitative estimate of drug-likeness (QED) is 0.802. The molecule has 4 fully saturated rings. The molecule has 1 saturated carbocycles. The Hall–Kier alpha value is -0.770. The highest BCUT2D eigenvalue weighted by molar-refractivity contribution is 5.69. The van der Waals surface area contributed by atoms with Crippen LogP contribution in [0, 0.1) is 0 Å². The van der Waals surface area contributed by atoms with Gasteiger partial charge in [0.2, 0.25) is 0 Å². The molecule has 0 radical (unpaired) electrons. The number of amides is 1. The molecule has 112 valence electrons. The Kier molecular flexibility index (Phi) is 3.17. The lowest BCUT2D eigenvalue weighted by Gasteiger charge is -2.47. The van der Waals surface area contributed by atoms with Crippen molar-refractivity contribution in [2.45, 2.75) is 87.9 Å². The molecular weight excluding hydrogens is 252 g/mol. The molecule has 0 aromatic rings. The van der Waals surface area contributed by atoms with Crippen LogP contribution < -0.4 is 5.32 Å². The molecule has 0 aromatic heterocycles. The lowest BCUT2D eigenvalue weighted by Crippen LogP contribution is -2.58. The van der Waals surface area contributed by atoms with E-state index >= 15 is 0 Å². The summed E-state index contributed by atoms with van der Waals surface area (Å²) in [4.78, 5) is 14.5. The van der Waals surface area contributed by atoms with E-state index in [0.717, 1.165) is 25.8 Å². The maximum absolute atomic E-state index is 12.5. The molecule has 3 heterocycles. The molecule has 20 heavy (non-hydrogen) atoms. The number of carbonyl (C=O) groups excluding carboxylic acids is 1. The van der Waals surface area contributed by atoms with Crippen LogP contribution in [0.5, 0.6) is 0 Å². The van der Waals surface area contributed by atoms with Gasteiger partial charge in [0.05, 0.1) is 0 Å². The summed E-state index contributed by atoms with van der Waals surface area (Å²) in [6.07, 6.45) is 11.8. The lowest BCUT2D eigenvalue weighted by atomic mass is 9.83. The zero-order valence-corrected chi connectivity index (χ0v) is 12.3. The first-order valence-corrected chi connectivity index (χ1v) is 8.50. The number of fused-ring (bicyclic) bond motifs is 2. The first-order chi connectivity index (χ1) is 9.74. The Balaban J connectivity index is 1.43. The van der Waals surface area contributed by atoms with Gasteiger partial charge in [-0.3, -0.25) is 0 Å². The summed E-state index contributed by atoms with van der Waals surface area (Å²) in [7, 11) is 0. The summed E-state index contributed by atoms with van der Waals surface area (Å²) in [5, 5.41) is 3.65. The molecule has 3 atom stereocenters. The Labute approximate surface area is 121 Å². The molecule has 4 aliphatic rings. The predicted molar refractivity (Wildman–Crippen MR) is 76.6 cm³/mol. The molecule has 2 bridgehead atoms. The van der Waals surface area contributed by atoms with Gasteiger partial charge in [-0.05, 0) is 25.7 Å². The van der Waals surface area contributed by atoms with Crippen LogP contribution in [0.15, 0.2) is 0 Å². The predicted octanol–water partition coefficient (Wildman–Crippen LogP) is 2.81. The van der Waals surface area contributed by atoms with Crippen molar-refractivity contribution in [1.29, 1.82) is 0 Å². The number of rotatable bonds is 1. The molecule has 1 aliphatic carbocycles. The third-order valence-electron chi connectivity index (χ3n) is 5.93. The molecule has 1 unspecified atom stereocenters. The third kappa shape index (κ3) is 2.22. The Morgan fingerprint density at radius 2 is 1.75 bits per heavy atom. The number of ether oxygens (including phenoxy) is 1. The van der Waals surface area contributed by atoms with Crippen LogP contribution in [0.2, 0.25) is 0 Å². The number of piperidine rings is 1. The van der Waals surface area contributed by atoms with Crippen molar-refractivity contribution in [3.63, 3.8) is 0 Å².